The van der Waals surface area contributed by atoms with E-state index in [4.69, 9.17) is 0 Å². The molecule has 1 aliphatic heterocycles. The molecule has 0 aliphatic carbocycles. The van der Waals surface area contributed by atoms with Gasteiger partial charge in [-0.1, -0.05) is 13.3 Å². The zero-order chi connectivity index (χ0) is 13.1. The Morgan fingerprint density at radius 2 is 2.33 bits per heavy atom. The highest BCUT2D eigenvalue weighted by Crippen LogP contribution is 2.23. The third kappa shape index (κ3) is 2.91. The first kappa shape index (κ1) is 13.5. The lowest BCUT2D eigenvalue weighted by atomic mass is 10.0. The van der Waals surface area contributed by atoms with Crippen LogP contribution in [0.3, 0.4) is 0 Å². The Kier molecular flexibility index (Phi) is 4.38. The molecule has 1 heterocycles. The van der Waals surface area contributed by atoms with E-state index in [9.17, 15) is 9.18 Å². The van der Waals surface area contributed by atoms with Crippen molar-refractivity contribution >= 4 is 21.8 Å². The molecular weight excluding hydrogens is 297 g/mol. The van der Waals surface area contributed by atoms with E-state index in [0.29, 0.717) is 16.0 Å². The standard InChI is InChI=1S/C14H17BrFNO/c1-2-3-10-6-7-17(9-10)14(18)11-4-5-12(15)13(16)8-11/h4-5,8,10H,2-3,6-7,9H2,1H3. The van der Waals surface area contributed by atoms with Crippen molar-refractivity contribution in [2.45, 2.75) is 26.2 Å². The fourth-order valence-electron chi connectivity index (χ4n) is 2.47. The van der Waals surface area contributed by atoms with Crippen molar-refractivity contribution in [3.05, 3.63) is 34.1 Å². The van der Waals surface area contributed by atoms with Crippen molar-refractivity contribution < 1.29 is 9.18 Å². The molecule has 0 bridgehead atoms. The number of hydrogen-bond acceptors (Lipinski definition) is 1. The van der Waals surface area contributed by atoms with E-state index >= 15 is 0 Å². The van der Waals surface area contributed by atoms with Crippen molar-refractivity contribution in [2.24, 2.45) is 5.92 Å². The average Bonchev–Trinajstić information content (AvgIpc) is 2.81. The zero-order valence-electron chi connectivity index (χ0n) is 10.5. The van der Waals surface area contributed by atoms with Crippen LogP contribution in [0, 0.1) is 11.7 Å². The van der Waals surface area contributed by atoms with Crippen LogP contribution in [0.2, 0.25) is 0 Å². The van der Waals surface area contributed by atoms with E-state index in [1.807, 2.05) is 4.90 Å². The minimum absolute atomic E-state index is 0.0556. The molecule has 1 amide bonds. The van der Waals surface area contributed by atoms with Gasteiger partial charge >= 0.3 is 0 Å². The maximum absolute atomic E-state index is 13.4. The predicted molar refractivity (Wildman–Crippen MR) is 73.0 cm³/mol. The minimum atomic E-state index is -0.384. The number of halogens is 2. The third-order valence-electron chi connectivity index (χ3n) is 3.44. The fourth-order valence-corrected chi connectivity index (χ4v) is 2.72. The largest absolute Gasteiger partial charge is 0.338 e. The van der Waals surface area contributed by atoms with Gasteiger partial charge in [0, 0.05) is 18.7 Å². The number of amides is 1. The second kappa shape index (κ2) is 5.83. The lowest BCUT2D eigenvalue weighted by Crippen LogP contribution is -2.28. The molecule has 18 heavy (non-hydrogen) atoms. The van der Waals surface area contributed by atoms with Gasteiger partial charge in [-0.15, -0.1) is 0 Å². The summed E-state index contributed by atoms with van der Waals surface area (Å²) in [6.45, 7) is 3.76. The average molecular weight is 314 g/mol. The smallest absolute Gasteiger partial charge is 0.253 e. The molecule has 1 fully saturated rings. The SMILES string of the molecule is CCCC1CCN(C(=O)c2ccc(Br)c(F)c2)C1. The summed E-state index contributed by atoms with van der Waals surface area (Å²) >= 11 is 3.09. The molecule has 0 N–H and O–H groups in total. The molecule has 0 radical (unpaired) electrons. The Balaban J connectivity index is 2.05. The Morgan fingerprint density at radius 1 is 1.56 bits per heavy atom. The maximum atomic E-state index is 13.4. The van der Waals surface area contributed by atoms with Crippen LogP contribution in [0.15, 0.2) is 22.7 Å². The van der Waals surface area contributed by atoms with Gasteiger partial charge < -0.3 is 4.90 Å². The van der Waals surface area contributed by atoms with E-state index in [-0.39, 0.29) is 11.7 Å². The van der Waals surface area contributed by atoms with Crippen LogP contribution in [0.5, 0.6) is 0 Å². The van der Waals surface area contributed by atoms with Crippen molar-refractivity contribution in [1.29, 1.82) is 0 Å². The topological polar surface area (TPSA) is 20.3 Å². The molecule has 1 saturated heterocycles. The summed E-state index contributed by atoms with van der Waals surface area (Å²) in [5.74, 6) is 0.171. The molecule has 1 aromatic carbocycles. The summed E-state index contributed by atoms with van der Waals surface area (Å²) in [4.78, 5) is 14.0. The van der Waals surface area contributed by atoms with Gasteiger partial charge in [0.15, 0.2) is 0 Å². The van der Waals surface area contributed by atoms with E-state index in [0.717, 1.165) is 25.9 Å². The number of likely N-dealkylation sites (tertiary alicyclic amines) is 1. The Hall–Kier alpha value is -0.900. The van der Waals surface area contributed by atoms with Crippen LogP contribution in [-0.4, -0.2) is 23.9 Å². The molecule has 0 aromatic heterocycles. The minimum Gasteiger partial charge on any atom is -0.338 e. The Morgan fingerprint density at radius 3 is 3.00 bits per heavy atom. The van der Waals surface area contributed by atoms with Crippen LogP contribution < -0.4 is 0 Å². The van der Waals surface area contributed by atoms with Gasteiger partial charge in [0.1, 0.15) is 5.82 Å². The summed E-state index contributed by atoms with van der Waals surface area (Å²) in [5, 5.41) is 0. The van der Waals surface area contributed by atoms with Gasteiger partial charge in [0.25, 0.3) is 5.91 Å². The van der Waals surface area contributed by atoms with Gasteiger partial charge in [-0.25, -0.2) is 4.39 Å². The predicted octanol–water partition coefficient (Wildman–Crippen LogP) is 3.85. The van der Waals surface area contributed by atoms with Crippen LogP contribution >= 0.6 is 15.9 Å². The van der Waals surface area contributed by atoms with Crippen LogP contribution in [-0.2, 0) is 0 Å². The van der Waals surface area contributed by atoms with E-state index in [1.165, 1.54) is 12.5 Å². The Labute approximate surface area is 115 Å². The fraction of sp³-hybridized carbons (Fsp3) is 0.500. The van der Waals surface area contributed by atoms with Crippen LogP contribution in [0.25, 0.3) is 0 Å². The lowest BCUT2D eigenvalue weighted by Gasteiger charge is -2.16. The van der Waals surface area contributed by atoms with Gasteiger partial charge in [0.2, 0.25) is 0 Å². The number of benzene rings is 1. The van der Waals surface area contributed by atoms with Gasteiger partial charge in [0.05, 0.1) is 4.47 Å². The van der Waals surface area contributed by atoms with Crippen molar-refractivity contribution in [1.82, 2.24) is 4.90 Å². The number of rotatable bonds is 3. The number of carbonyl (C=O) groups is 1. The number of nitrogens with zero attached hydrogens (tertiary/aromatic N) is 1. The second-order valence-corrected chi connectivity index (χ2v) is 5.68. The first-order chi connectivity index (χ1) is 8.61. The van der Waals surface area contributed by atoms with Crippen molar-refractivity contribution in [2.75, 3.05) is 13.1 Å². The first-order valence-corrected chi connectivity index (χ1v) is 7.15. The van der Waals surface area contributed by atoms with Crippen molar-refractivity contribution in [3.8, 4) is 0 Å². The molecule has 1 atom stereocenters. The highest BCUT2D eigenvalue weighted by molar-refractivity contribution is 9.10. The first-order valence-electron chi connectivity index (χ1n) is 6.36. The number of hydrogen-bond donors (Lipinski definition) is 0. The molecule has 1 unspecified atom stereocenters. The number of carbonyl (C=O) groups excluding carboxylic acids is 1. The highest BCUT2D eigenvalue weighted by Gasteiger charge is 2.26. The maximum Gasteiger partial charge on any atom is 0.253 e. The van der Waals surface area contributed by atoms with Crippen molar-refractivity contribution in [3.63, 3.8) is 0 Å². The van der Waals surface area contributed by atoms with Gasteiger partial charge in [-0.3, -0.25) is 4.79 Å². The molecular formula is C14H17BrFNO. The third-order valence-corrected chi connectivity index (χ3v) is 4.08. The molecule has 98 valence electrons. The molecule has 1 aliphatic rings. The molecule has 0 saturated carbocycles. The molecule has 0 spiro atoms. The zero-order valence-corrected chi connectivity index (χ0v) is 12.0. The Bertz CT molecular complexity index is 449. The van der Waals surface area contributed by atoms with E-state index < -0.39 is 0 Å². The molecule has 4 heteroatoms. The lowest BCUT2D eigenvalue weighted by molar-refractivity contribution is 0.0786. The van der Waals surface area contributed by atoms with Crippen LogP contribution in [0.4, 0.5) is 4.39 Å². The van der Waals surface area contributed by atoms with E-state index in [1.54, 1.807) is 12.1 Å². The van der Waals surface area contributed by atoms with E-state index in [2.05, 4.69) is 22.9 Å². The monoisotopic (exact) mass is 313 g/mol. The quantitative estimate of drug-likeness (QED) is 0.830. The second-order valence-electron chi connectivity index (χ2n) is 4.82. The molecule has 2 rings (SSSR count). The summed E-state index contributed by atoms with van der Waals surface area (Å²) < 4.78 is 13.8. The molecule has 2 nitrogen and oxygen atoms in total. The summed E-state index contributed by atoms with van der Waals surface area (Å²) in [5.41, 5.74) is 0.438. The molecule has 1 aromatic rings. The summed E-state index contributed by atoms with van der Waals surface area (Å²) in [6.07, 6.45) is 3.39. The summed E-state index contributed by atoms with van der Waals surface area (Å²) in [7, 11) is 0. The normalized spacial score (nSPS) is 19.3. The van der Waals surface area contributed by atoms with Gasteiger partial charge in [-0.05, 0) is 52.9 Å². The highest BCUT2D eigenvalue weighted by atomic mass is 79.9. The van der Waals surface area contributed by atoms with Gasteiger partial charge in [-0.2, -0.15) is 0 Å². The summed E-state index contributed by atoms with van der Waals surface area (Å²) in [6, 6.07) is 4.56. The van der Waals surface area contributed by atoms with Crippen LogP contribution in [0.1, 0.15) is 36.5 Å².